The van der Waals surface area contributed by atoms with Crippen molar-refractivity contribution in [1.29, 1.82) is 0 Å². The molecule has 0 saturated heterocycles. The Morgan fingerprint density at radius 3 is 2.45 bits per heavy atom. The van der Waals surface area contributed by atoms with Gasteiger partial charge in [0.2, 0.25) is 0 Å². The van der Waals surface area contributed by atoms with Crippen LogP contribution < -0.4 is 5.32 Å². The van der Waals surface area contributed by atoms with E-state index in [9.17, 15) is 9.59 Å². The number of hydrogen-bond acceptors (Lipinski definition) is 3. The fourth-order valence-electron chi connectivity index (χ4n) is 1.78. The zero-order chi connectivity index (χ0) is 15.9. The van der Waals surface area contributed by atoms with Crippen molar-refractivity contribution in [3.05, 3.63) is 69.7 Å². The maximum atomic E-state index is 11.9. The number of rotatable bonds is 5. The minimum absolute atomic E-state index is 0.156. The van der Waals surface area contributed by atoms with E-state index in [1.165, 1.54) is 0 Å². The highest BCUT2D eigenvalue weighted by Gasteiger charge is 2.09. The van der Waals surface area contributed by atoms with Crippen LogP contribution in [0.4, 0.5) is 0 Å². The van der Waals surface area contributed by atoms with Crippen LogP contribution in [0.2, 0.25) is 0 Å². The van der Waals surface area contributed by atoms with Crippen molar-refractivity contribution in [3.63, 3.8) is 0 Å². The third-order valence-corrected chi connectivity index (χ3v) is 3.83. The zero-order valence-electron chi connectivity index (χ0n) is 12.1. The van der Waals surface area contributed by atoms with Gasteiger partial charge in [-0.1, -0.05) is 51.8 Å². The first kappa shape index (κ1) is 16.2. The number of esters is 1. The Labute approximate surface area is 137 Å². The summed E-state index contributed by atoms with van der Waals surface area (Å²) in [5.41, 5.74) is 2.47. The number of ether oxygens (including phenoxy) is 1. The van der Waals surface area contributed by atoms with Crippen LogP contribution in [0, 0.1) is 6.92 Å². The molecule has 2 aromatic rings. The third-order valence-electron chi connectivity index (χ3n) is 3.05. The topological polar surface area (TPSA) is 55.4 Å². The fourth-order valence-corrected chi connectivity index (χ4v) is 2.18. The molecule has 2 rings (SSSR count). The number of amides is 1. The molecule has 0 unspecified atom stereocenters. The van der Waals surface area contributed by atoms with E-state index in [2.05, 4.69) is 21.2 Å². The molecular weight excluding hydrogens is 346 g/mol. The first-order valence-corrected chi connectivity index (χ1v) is 7.59. The van der Waals surface area contributed by atoms with Crippen molar-refractivity contribution in [2.75, 3.05) is 6.54 Å². The molecular formula is C17H16BrNO3. The van der Waals surface area contributed by atoms with Crippen molar-refractivity contribution >= 4 is 27.8 Å². The maximum absolute atomic E-state index is 11.9. The molecule has 1 amide bonds. The Kier molecular flexibility index (Phi) is 5.72. The Balaban J connectivity index is 1.79. The van der Waals surface area contributed by atoms with E-state index in [-0.39, 0.29) is 19.1 Å². The van der Waals surface area contributed by atoms with Crippen LogP contribution in [-0.4, -0.2) is 18.4 Å². The number of nitrogens with one attached hydrogen (secondary N) is 1. The van der Waals surface area contributed by atoms with E-state index < -0.39 is 5.97 Å². The molecule has 0 heterocycles. The second-order valence-corrected chi connectivity index (χ2v) is 5.66. The van der Waals surface area contributed by atoms with Crippen LogP contribution in [0.15, 0.2) is 53.0 Å². The van der Waals surface area contributed by atoms with Gasteiger partial charge in [-0.2, -0.15) is 0 Å². The molecule has 4 nitrogen and oxygen atoms in total. The van der Waals surface area contributed by atoms with E-state index >= 15 is 0 Å². The standard InChI is InChI=1S/C17H16BrNO3/c1-12-6-8-13(9-7-12)17(21)19-10-16(20)22-11-14-4-2-3-5-15(14)18/h2-9H,10-11H2,1H3,(H,19,21). The largest absolute Gasteiger partial charge is 0.459 e. The highest BCUT2D eigenvalue weighted by Crippen LogP contribution is 2.16. The van der Waals surface area contributed by atoms with Crippen molar-refractivity contribution in [2.45, 2.75) is 13.5 Å². The summed E-state index contributed by atoms with van der Waals surface area (Å²) in [6.45, 7) is 1.96. The highest BCUT2D eigenvalue weighted by molar-refractivity contribution is 9.10. The first-order chi connectivity index (χ1) is 10.6. The molecule has 0 atom stereocenters. The highest BCUT2D eigenvalue weighted by atomic mass is 79.9. The summed E-state index contributed by atoms with van der Waals surface area (Å²) in [6.07, 6.45) is 0. The van der Waals surface area contributed by atoms with Crippen molar-refractivity contribution in [2.24, 2.45) is 0 Å². The molecule has 2 aromatic carbocycles. The van der Waals surface area contributed by atoms with E-state index in [0.29, 0.717) is 5.56 Å². The molecule has 0 saturated carbocycles. The molecule has 0 fully saturated rings. The summed E-state index contributed by atoms with van der Waals surface area (Å²) in [5.74, 6) is -0.769. The fraction of sp³-hybridized carbons (Fsp3) is 0.176. The SMILES string of the molecule is Cc1ccc(C(=O)NCC(=O)OCc2ccccc2Br)cc1. The summed E-state index contributed by atoms with van der Waals surface area (Å²) < 4.78 is 6.01. The number of aryl methyl sites for hydroxylation is 1. The van der Waals surface area contributed by atoms with Crippen molar-refractivity contribution < 1.29 is 14.3 Å². The minimum Gasteiger partial charge on any atom is -0.459 e. The Hall–Kier alpha value is -2.14. The van der Waals surface area contributed by atoms with Gasteiger partial charge in [0.1, 0.15) is 13.2 Å². The number of halogens is 1. The number of hydrogen-bond donors (Lipinski definition) is 1. The maximum Gasteiger partial charge on any atom is 0.325 e. The van der Waals surface area contributed by atoms with E-state index in [1.807, 2.05) is 43.3 Å². The predicted molar refractivity (Wildman–Crippen MR) is 87.5 cm³/mol. The van der Waals surface area contributed by atoms with Gasteiger partial charge in [-0.3, -0.25) is 9.59 Å². The van der Waals surface area contributed by atoms with Crippen LogP contribution in [0.3, 0.4) is 0 Å². The summed E-state index contributed by atoms with van der Waals surface area (Å²) in [4.78, 5) is 23.5. The quantitative estimate of drug-likeness (QED) is 0.831. The molecule has 5 heteroatoms. The van der Waals surface area contributed by atoms with Crippen LogP contribution in [0.5, 0.6) is 0 Å². The zero-order valence-corrected chi connectivity index (χ0v) is 13.7. The van der Waals surface area contributed by atoms with Crippen LogP contribution >= 0.6 is 15.9 Å². The lowest BCUT2D eigenvalue weighted by Gasteiger charge is -2.08. The van der Waals surface area contributed by atoms with E-state index in [4.69, 9.17) is 4.74 Å². The van der Waals surface area contributed by atoms with E-state index in [1.54, 1.807) is 12.1 Å². The van der Waals surface area contributed by atoms with Crippen LogP contribution in [0.1, 0.15) is 21.5 Å². The van der Waals surface area contributed by atoms with Crippen molar-refractivity contribution in [3.8, 4) is 0 Å². The van der Waals surface area contributed by atoms with Gasteiger partial charge in [0.15, 0.2) is 0 Å². The molecule has 0 radical (unpaired) electrons. The van der Waals surface area contributed by atoms with Gasteiger partial charge < -0.3 is 10.1 Å². The Morgan fingerprint density at radius 2 is 1.77 bits per heavy atom. The molecule has 0 spiro atoms. The second-order valence-electron chi connectivity index (χ2n) is 4.80. The summed E-state index contributed by atoms with van der Waals surface area (Å²) in [7, 11) is 0. The number of carbonyl (C=O) groups excluding carboxylic acids is 2. The average molecular weight is 362 g/mol. The summed E-state index contributed by atoms with van der Waals surface area (Å²) in [5, 5.41) is 2.54. The monoisotopic (exact) mass is 361 g/mol. The normalized spacial score (nSPS) is 10.1. The smallest absolute Gasteiger partial charge is 0.325 e. The van der Waals surface area contributed by atoms with Crippen LogP contribution in [-0.2, 0) is 16.1 Å². The predicted octanol–water partition coefficient (Wildman–Crippen LogP) is 3.23. The van der Waals surface area contributed by atoms with Gasteiger partial charge in [-0.15, -0.1) is 0 Å². The Morgan fingerprint density at radius 1 is 1.09 bits per heavy atom. The van der Waals surface area contributed by atoms with Crippen molar-refractivity contribution in [1.82, 2.24) is 5.32 Å². The molecule has 1 N–H and O–H groups in total. The lowest BCUT2D eigenvalue weighted by molar-refractivity contribution is -0.143. The van der Waals surface area contributed by atoms with Gasteiger partial charge in [0.05, 0.1) is 0 Å². The molecule has 0 bridgehead atoms. The molecule has 0 aliphatic carbocycles. The molecule has 114 valence electrons. The lowest BCUT2D eigenvalue weighted by Crippen LogP contribution is -2.30. The first-order valence-electron chi connectivity index (χ1n) is 6.80. The molecule has 0 aliphatic rings. The number of carbonyl (C=O) groups is 2. The second kappa shape index (κ2) is 7.75. The van der Waals surface area contributed by atoms with Gasteiger partial charge in [0.25, 0.3) is 5.91 Å². The molecule has 0 aliphatic heterocycles. The average Bonchev–Trinajstić information content (AvgIpc) is 2.52. The van der Waals surface area contributed by atoms with Gasteiger partial charge >= 0.3 is 5.97 Å². The van der Waals surface area contributed by atoms with Crippen LogP contribution in [0.25, 0.3) is 0 Å². The molecule has 0 aromatic heterocycles. The lowest BCUT2D eigenvalue weighted by atomic mass is 10.1. The third kappa shape index (κ3) is 4.70. The van der Waals surface area contributed by atoms with E-state index in [0.717, 1.165) is 15.6 Å². The summed E-state index contributed by atoms with van der Waals surface area (Å²) >= 11 is 3.38. The Bertz CT molecular complexity index is 668. The van der Waals surface area contributed by atoms with Gasteiger partial charge in [-0.25, -0.2) is 0 Å². The molecule has 22 heavy (non-hydrogen) atoms. The number of benzene rings is 2. The minimum atomic E-state index is -0.476. The van der Waals surface area contributed by atoms with Gasteiger partial charge in [0, 0.05) is 15.6 Å². The van der Waals surface area contributed by atoms with Gasteiger partial charge in [-0.05, 0) is 25.1 Å². The summed E-state index contributed by atoms with van der Waals surface area (Å²) in [6, 6.07) is 14.6.